The first-order chi connectivity index (χ1) is 13.7. The van der Waals surface area contributed by atoms with Crippen LogP contribution in [0.4, 0.5) is 0 Å². The van der Waals surface area contributed by atoms with E-state index < -0.39 is 0 Å². The summed E-state index contributed by atoms with van der Waals surface area (Å²) in [5.74, 6) is 1.38. The second-order valence-corrected chi connectivity index (χ2v) is 6.57. The Kier molecular flexibility index (Phi) is 6.94. The summed E-state index contributed by atoms with van der Waals surface area (Å²) < 4.78 is 20.5. The lowest BCUT2D eigenvalue weighted by Gasteiger charge is -2.10. The third kappa shape index (κ3) is 5.28. The Labute approximate surface area is 167 Å². The molecule has 0 fully saturated rings. The van der Waals surface area contributed by atoms with E-state index in [1.807, 2.05) is 30.3 Å². The lowest BCUT2D eigenvalue weighted by atomic mass is 10.1. The molecule has 3 aromatic rings. The van der Waals surface area contributed by atoms with E-state index in [0.717, 1.165) is 17.1 Å². The maximum absolute atomic E-state index is 12.2. The van der Waals surface area contributed by atoms with Crippen LogP contribution < -0.4 is 14.8 Å². The van der Waals surface area contributed by atoms with Crippen molar-refractivity contribution in [2.45, 2.75) is 6.42 Å². The van der Waals surface area contributed by atoms with E-state index in [4.69, 9.17) is 14.2 Å². The molecule has 146 valence electrons. The zero-order valence-corrected chi connectivity index (χ0v) is 16.5. The van der Waals surface area contributed by atoms with Gasteiger partial charge in [0.15, 0.2) is 17.3 Å². The number of aromatic nitrogens is 2. The molecule has 0 aliphatic carbocycles. The highest BCUT2D eigenvalue weighted by Gasteiger charge is 2.14. The van der Waals surface area contributed by atoms with Gasteiger partial charge in [0, 0.05) is 37.2 Å². The smallest absolute Gasteiger partial charge is 0.298 e. The Hall–Kier alpha value is -2.97. The number of rotatable bonds is 9. The molecule has 0 unspecified atom stereocenters. The molecule has 0 saturated heterocycles. The first-order valence-electron chi connectivity index (χ1n) is 8.69. The topological polar surface area (TPSA) is 82.6 Å². The standard InChI is InChI=1S/C20H21N3O4S/c1-25-11-10-21-19(24)15-8-9-16(26-2)17(13-15)27-20-22-18(23-28-20)12-14-6-4-3-5-7-14/h3-9,13H,10-12H2,1-2H3,(H,21,24). The van der Waals surface area contributed by atoms with E-state index in [9.17, 15) is 4.79 Å². The van der Waals surface area contributed by atoms with Crippen LogP contribution in [0.1, 0.15) is 21.7 Å². The van der Waals surface area contributed by atoms with Crippen molar-refractivity contribution in [3.8, 4) is 16.7 Å². The van der Waals surface area contributed by atoms with Crippen LogP contribution in [0.2, 0.25) is 0 Å². The number of methoxy groups -OCH3 is 2. The highest BCUT2D eigenvalue weighted by atomic mass is 32.1. The Bertz CT molecular complexity index is 915. The van der Waals surface area contributed by atoms with Crippen LogP contribution in [-0.4, -0.2) is 42.6 Å². The Morgan fingerprint density at radius 2 is 1.93 bits per heavy atom. The van der Waals surface area contributed by atoms with E-state index in [1.54, 1.807) is 32.4 Å². The number of carbonyl (C=O) groups excluding carboxylic acids is 1. The third-order valence-corrected chi connectivity index (χ3v) is 4.50. The van der Waals surface area contributed by atoms with Crippen molar-refractivity contribution in [2.24, 2.45) is 0 Å². The Morgan fingerprint density at radius 3 is 2.68 bits per heavy atom. The maximum atomic E-state index is 12.2. The molecule has 3 rings (SSSR count). The summed E-state index contributed by atoms with van der Waals surface area (Å²) in [7, 11) is 3.13. The molecule has 1 N–H and O–H groups in total. The molecule has 2 aromatic carbocycles. The number of hydrogen-bond acceptors (Lipinski definition) is 7. The van der Waals surface area contributed by atoms with Gasteiger partial charge in [-0.1, -0.05) is 30.3 Å². The molecule has 8 heteroatoms. The van der Waals surface area contributed by atoms with E-state index in [2.05, 4.69) is 14.7 Å². The predicted molar refractivity (Wildman–Crippen MR) is 106 cm³/mol. The number of hydrogen-bond donors (Lipinski definition) is 1. The molecule has 0 atom stereocenters. The summed E-state index contributed by atoms with van der Waals surface area (Å²) in [6, 6.07) is 15.0. The van der Waals surface area contributed by atoms with Crippen LogP contribution in [0.3, 0.4) is 0 Å². The minimum absolute atomic E-state index is 0.216. The van der Waals surface area contributed by atoms with Gasteiger partial charge in [-0.15, -0.1) is 0 Å². The number of benzene rings is 2. The van der Waals surface area contributed by atoms with Crippen LogP contribution in [0.25, 0.3) is 0 Å². The average molecular weight is 399 g/mol. The van der Waals surface area contributed by atoms with Crippen LogP contribution in [-0.2, 0) is 11.2 Å². The van der Waals surface area contributed by atoms with Gasteiger partial charge in [-0.25, -0.2) is 0 Å². The van der Waals surface area contributed by atoms with Gasteiger partial charge in [0.1, 0.15) is 0 Å². The minimum Gasteiger partial charge on any atom is -0.493 e. The van der Waals surface area contributed by atoms with Crippen molar-refractivity contribution in [1.29, 1.82) is 0 Å². The van der Waals surface area contributed by atoms with Crippen molar-refractivity contribution < 1.29 is 19.0 Å². The number of nitrogens with one attached hydrogen (secondary N) is 1. The van der Waals surface area contributed by atoms with Gasteiger partial charge in [-0.2, -0.15) is 9.36 Å². The third-order valence-electron chi connectivity index (χ3n) is 3.87. The highest BCUT2D eigenvalue weighted by Crippen LogP contribution is 2.33. The van der Waals surface area contributed by atoms with Gasteiger partial charge in [0.25, 0.3) is 11.1 Å². The van der Waals surface area contributed by atoms with Crippen molar-refractivity contribution in [2.75, 3.05) is 27.4 Å². The molecule has 0 aliphatic heterocycles. The Balaban J connectivity index is 1.72. The fraction of sp³-hybridized carbons (Fsp3) is 0.250. The first-order valence-corrected chi connectivity index (χ1v) is 9.46. The van der Waals surface area contributed by atoms with Gasteiger partial charge in [0.2, 0.25) is 0 Å². The number of carbonyl (C=O) groups is 1. The lowest BCUT2D eigenvalue weighted by Crippen LogP contribution is -2.26. The van der Waals surface area contributed by atoms with E-state index in [1.165, 1.54) is 0 Å². The zero-order chi connectivity index (χ0) is 19.8. The molecule has 0 spiro atoms. The zero-order valence-electron chi connectivity index (χ0n) is 15.7. The molecule has 7 nitrogen and oxygen atoms in total. The predicted octanol–water partition coefficient (Wildman–Crippen LogP) is 3.31. The van der Waals surface area contributed by atoms with Crippen molar-refractivity contribution in [3.63, 3.8) is 0 Å². The van der Waals surface area contributed by atoms with Gasteiger partial charge in [-0.05, 0) is 23.8 Å². The van der Waals surface area contributed by atoms with E-state index in [-0.39, 0.29) is 5.91 Å². The molecule has 0 aliphatic rings. The summed E-state index contributed by atoms with van der Waals surface area (Å²) >= 11 is 1.16. The molecule has 0 saturated carbocycles. The van der Waals surface area contributed by atoms with Crippen LogP contribution >= 0.6 is 11.5 Å². The normalized spacial score (nSPS) is 10.5. The van der Waals surface area contributed by atoms with E-state index >= 15 is 0 Å². The first kappa shape index (κ1) is 19.8. The van der Waals surface area contributed by atoms with E-state index in [0.29, 0.717) is 47.7 Å². The molecule has 1 heterocycles. The van der Waals surface area contributed by atoms with Gasteiger partial charge >= 0.3 is 0 Å². The largest absolute Gasteiger partial charge is 0.493 e. The van der Waals surface area contributed by atoms with Crippen LogP contribution in [0.5, 0.6) is 16.7 Å². The van der Waals surface area contributed by atoms with Crippen molar-refractivity contribution >= 4 is 17.4 Å². The molecule has 1 aromatic heterocycles. The molecule has 0 bridgehead atoms. The Morgan fingerprint density at radius 1 is 1.11 bits per heavy atom. The quantitative estimate of drug-likeness (QED) is 0.556. The summed E-state index contributed by atoms with van der Waals surface area (Å²) in [5.41, 5.74) is 1.58. The molecular weight excluding hydrogens is 378 g/mol. The summed E-state index contributed by atoms with van der Waals surface area (Å²) in [6.07, 6.45) is 0.625. The van der Waals surface area contributed by atoms with Gasteiger partial charge in [0.05, 0.1) is 13.7 Å². The summed E-state index contributed by atoms with van der Waals surface area (Å²) in [5, 5.41) is 3.16. The highest BCUT2D eigenvalue weighted by molar-refractivity contribution is 7.07. The fourth-order valence-electron chi connectivity index (χ4n) is 2.49. The van der Waals surface area contributed by atoms with Gasteiger partial charge in [-0.3, -0.25) is 4.79 Å². The molecular formula is C20H21N3O4S. The SMILES string of the molecule is COCCNC(=O)c1ccc(OC)c(Oc2nc(Cc3ccccc3)ns2)c1. The minimum atomic E-state index is -0.216. The lowest BCUT2D eigenvalue weighted by molar-refractivity contribution is 0.0936. The number of amides is 1. The average Bonchev–Trinajstić information content (AvgIpc) is 3.15. The molecule has 1 amide bonds. The molecule has 0 radical (unpaired) electrons. The maximum Gasteiger partial charge on any atom is 0.298 e. The van der Waals surface area contributed by atoms with Crippen molar-refractivity contribution in [3.05, 3.63) is 65.5 Å². The second-order valence-electron chi connectivity index (χ2n) is 5.86. The summed E-state index contributed by atoms with van der Waals surface area (Å²) in [4.78, 5) is 16.7. The number of nitrogens with zero attached hydrogens (tertiary/aromatic N) is 2. The molecule has 28 heavy (non-hydrogen) atoms. The van der Waals surface area contributed by atoms with Crippen LogP contribution in [0.15, 0.2) is 48.5 Å². The van der Waals surface area contributed by atoms with Crippen LogP contribution in [0, 0.1) is 0 Å². The number of ether oxygens (including phenoxy) is 3. The monoisotopic (exact) mass is 399 g/mol. The second kappa shape index (κ2) is 9.82. The van der Waals surface area contributed by atoms with Crippen molar-refractivity contribution in [1.82, 2.24) is 14.7 Å². The fourth-order valence-corrected chi connectivity index (χ4v) is 3.05. The van der Waals surface area contributed by atoms with Gasteiger partial charge < -0.3 is 19.5 Å². The summed E-state index contributed by atoms with van der Waals surface area (Å²) in [6.45, 7) is 0.872.